The Balaban J connectivity index is 2.67. The topological polar surface area (TPSA) is 124 Å². The maximum atomic E-state index is 12.1. The van der Waals surface area contributed by atoms with Gasteiger partial charge in [0.15, 0.2) is 18.3 Å². The highest BCUT2D eigenvalue weighted by molar-refractivity contribution is 9.10. The molecule has 2 rings (SSSR count). The summed E-state index contributed by atoms with van der Waals surface area (Å²) in [6, 6.07) is 3.63. The van der Waals surface area contributed by atoms with Crippen molar-refractivity contribution in [3.05, 3.63) is 27.7 Å². The van der Waals surface area contributed by atoms with Gasteiger partial charge in [-0.15, -0.1) is 0 Å². The van der Waals surface area contributed by atoms with Crippen LogP contribution in [0.4, 0.5) is 0 Å². The SMILES string of the molecule is CCCc1cc(OC)c([C@@H]2O[C@H](COC(C)=O)[C@@H](OC(C)=O)[C@H](OC(C)=O)[C@H]2OC(C)=O)cc1Br. The third-order valence-electron chi connectivity index (χ3n) is 5.22. The van der Waals surface area contributed by atoms with Gasteiger partial charge in [0.1, 0.15) is 24.6 Å². The van der Waals surface area contributed by atoms with E-state index in [1.807, 2.05) is 13.0 Å². The summed E-state index contributed by atoms with van der Waals surface area (Å²) in [5, 5.41) is 0. The van der Waals surface area contributed by atoms with E-state index >= 15 is 0 Å². The maximum Gasteiger partial charge on any atom is 0.303 e. The van der Waals surface area contributed by atoms with Crippen LogP contribution < -0.4 is 4.74 Å². The van der Waals surface area contributed by atoms with Gasteiger partial charge in [-0.2, -0.15) is 0 Å². The first-order valence-corrected chi connectivity index (χ1v) is 11.9. The molecule has 1 fully saturated rings. The lowest BCUT2D eigenvalue weighted by Gasteiger charge is -2.44. The van der Waals surface area contributed by atoms with Crippen molar-refractivity contribution in [2.75, 3.05) is 13.7 Å². The van der Waals surface area contributed by atoms with Gasteiger partial charge < -0.3 is 28.4 Å². The van der Waals surface area contributed by atoms with Crippen LogP contribution in [0.2, 0.25) is 0 Å². The molecule has 10 nitrogen and oxygen atoms in total. The first-order valence-electron chi connectivity index (χ1n) is 11.1. The molecule has 0 saturated carbocycles. The minimum atomic E-state index is -1.25. The van der Waals surface area contributed by atoms with Gasteiger partial charge >= 0.3 is 23.9 Å². The normalized spacial score (nSPS) is 23.7. The Morgan fingerprint density at radius 2 is 1.46 bits per heavy atom. The number of ether oxygens (including phenoxy) is 6. The quantitative estimate of drug-likeness (QED) is 0.329. The highest BCUT2D eigenvalue weighted by Crippen LogP contribution is 2.42. The molecule has 0 amide bonds. The predicted molar refractivity (Wildman–Crippen MR) is 126 cm³/mol. The summed E-state index contributed by atoms with van der Waals surface area (Å²) >= 11 is 3.57. The summed E-state index contributed by atoms with van der Waals surface area (Å²) < 4.78 is 34.2. The van der Waals surface area contributed by atoms with Crippen molar-refractivity contribution in [1.29, 1.82) is 0 Å². The van der Waals surface area contributed by atoms with E-state index < -0.39 is 54.4 Å². The zero-order valence-electron chi connectivity index (χ0n) is 20.6. The first-order chi connectivity index (χ1) is 16.5. The molecule has 0 spiro atoms. The van der Waals surface area contributed by atoms with Crippen LogP contribution in [0.1, 0.15) is 58.3 Å². The highest BCUT2D eigenvalue weighted by Gasteiger charge is 2.53. The number of benzene rings is 1. The van der Waals surface area contributed by atoms with E-state index in [2.05, 4.69) is 15.9 Å². The molecule has 194 valence electrons. The van der Waals surface area contributed by atoms with Crippen LogP contribution >= 0.6 is 15.9 Å². The van der Waals surface area contributed by atoms with E-state index in [1.54, 1.807) is 6.07 Å². The monoisotopic (exact) mass is 558 g/mol. The smallest absolute Gasteiger partial charge is 0.303 e. The van der Waals surface area contributed by atoms with E-state index in [-0.39, 0.29) is 6.61 Å². The van der Waals surface area contributed by atoms with E-state index in [1.165, 1.54) is 34.8 Å². The van der Waals surface area contributed by atoms with Crippen molar-refractivity contribution in [3.8, 4) is 5.75 Å². The second-order valence-electron chi connectivity index (χ2n) is 8.06. The third kappa shape index (κ3) is 7.66. The van der Waals surface area contributed by atoms with Crippen LogP contribution in [0, 0.1) is 0 Å². The molecule has 5 atom stereocenters. The number of aryl methyl sites for hydroxylation is 1. The van der Waals surface area contributed by atoms with Crippen molar-refractivity contribution < 1.29 is 47.6 Å². The molecule has 0 radical (unpaired) electrons. The zero-order chi connectivity index (χ0) is 26.3. The van der Waals surface area contributed by atoms with Crippen molar-refractivity contribution in [2.24, 2.45) is 0 Å². The van der Waals surface area contributed by atoms with Gasteiger partial charge in [-0.1, -0.05) is 29.3 Å². The molecule has 0 bridgehead atoms. The summed E-state index contributed by atoms with van der Waals surface area (Å²) in [4.78, 5) is 47.5. The summed E-state index contributed by atoms with van der Waals surface area (Å²) in [5.41, 5.74) is 1.50. The molecule has 1 aliphatic heterocycles. The van der Waals surface area contributed by atoms with Crippen molar-refractivity contribution in [2.45, 2.75) is 78.0 Å². The molecule has 1 heterocycles. The van der Waals surface area contributed by atoms with E-state index in [4.69, 9.17) is 28.4 Å². The lowest BCUT2D eigenvalue weighted by molar-refractivity contribution is -0.254. The molecule has 11 heteroatoms. The van der Waals surface area contributed by atoms with Crippen LogP contribution in [-0.4, -0.2) is 62.0 Å². The van der Waals surface area contributed by atoms with Crippen molar-refractivity contribution in [3.63, 3.8) is 0 Å². The second-order valence-corrected chi connectivity index (χ2v) is 8.91. The lowest BCUT2D eigenvalue weighted by atomic mass is 9.89. The van der Waals surface area contributed by atoms with Crippen LogP contribution in [-0.2, 0) is 49.3 Å². The highest BCUT2D eigenvalue weighted by atomic mass is 79.9. The number of esters is 4. The number of carbonyl (C=O) groups is 4. The summed E-state index contributed by atoms with van der Waals surface area (Å²) in [7, 11) is 1.49. The number of hydrogen-bond donors (Lipinski definition) is 0. The number of methoxy groups -OCH3 is 1. The maximum absolute atomic E-state index is 12.1. The van der Waals surface area contributed by atoms with Gasteiger partial charge in [0.25, 0.3) is 0 Å². The van der Waals surface area contributed by atoms with Gasteiger partial charge in [-0.3, -0.25) is 19.2 Å². The van der Waals surface area contributed by atoms with E-state index in [0.29, 0.717) is 11.3 Å². The molecule has 0 unspecified atom stereocenters. The van der Waals surface area contributed by atoms with Gasteiger partial charge in [-0.25, -0.2) is 0 Å². The number of carbonyl (C=O) groups excluding carboxylic acids is 4. The van der Waals surface area contributed by atoms with Crippen LogP contribution in [0.15, 0.2) is 16.6 Å². The molecule has 1 aromatic rings. The van der Waals surface area contributed by atoms with Gasteiger partial charge in [0, 0.05) is 37.7 Å². The molecular weight excluding hydrogens is 528 g/mol. The fourth-order valence-corrected chi connectivity index (χ4v) is 4.51. The largest absolute Gasteiger partial charge is 0.496 e. The molecule has 0 aliphatic carbocycles. The molecule has 0 N–H and O–H groups in total. The average Bonchev–Trinajstić information content (AvgIpc) is 2.75. The van der Waals surface area contributed by atoms with Crippen LogP contribution in [0.3, 0.4) is 0 Å². The Kier molecular flexibility index (Phi) is 10.5. The van der Waals surface area contributed by atoms with Crippen LogP contribution in [0.25, 0.3) is 0 Å². The molecule has 0 aromatic heterocycles. The third-order valence-corrected chi connectivity index (χ3v) is 5.95. The Hall–Kier alpha value is -2.66. The fourth-order valence-electron chi connectivity index (χ4n) is 3.95. The first kappa shape index (κ1) is 28.6. The minimum absolute atomic E-state index is 0.300. The average molecular weight is 559 g/mol. The minimum Gasteiger partial charge on any atom is -0.496 e. The summed E-state index contributed by atoms with van der Waals surface area (Å²) in [6.07, 6.45) is -4.04. The standard InChI is InChI=1S/C24H31BrO10/c1-7-8-16-9-19(30-6)17(10-18(16)25)21-23(33-14(4)28)24(34-15(5)29)22(32-13(3)27)20(35-21)11-31-12(2)26/h9-10,20-24H,7-8,11H2,1-6H3/t20-,21+,22-,23+,24+/m1/s1. The number of hydrogen-bond acceptors (Lipinski definition) is 10. The van der Waals surface area contributed by atoms with Gasteiger partial charge in [0.2, 0.25) is 0 Å². The van der Waals surface area contributed by atoms with Crippen molar-refractivity contribution in [1.82, 2.24) is 0 Å². The fraction of sp³-hybridized carbons (Fsp3) is 0.583. The summed E-state index contributed by atoms with van der Waals surface area (Å²) in [6.45, 7) is 6.52. The Morgan fingerprint density at radius 1 is 0.886 bits per heavy atom. The number of halogens is 1. The molecule has 1 aliphatic rings. The van der Waals surface area contributed by atoms with E-state index in [9.17, 15) is 19.2 Å². The zero-order valence-corrected chi connectivity index (χ0v) is 22.2. The number of rotatable bonds is 9. The van der Waals surface area contributed by atoms with Gasteiger partial charge in [0.05, 0.1) is 7.11 Å². The second kappa shape index (κ2) is 12.9. The summed E-state index contributed by atoms with van der Waals surface area (Å²) in [5.74, 6) is -2.17. The Labute approximate surface area is 212 Å². The Morgan fingerprint density at radius 3 is 1.97 bits per heavy atom. The Bertz CT molecular complexity index is 946. The lowest BCUT2D eigenvalue weighted by Crippen LogP contribution is -2.59. The van der Waals surface area contributed by atoms with Crippen molar-refractivity contribution >= 4 is 39.8 Å². The molecule has 35 heavy (non-hydrogen) atoms. The van der Waals surface area contributed by atoms with Gasteiger partial charge in [-0.05, 0) is 24.1 Å². The van der Waals surface area contributed by atoms with Crippen LogP contribution in [0.5, 0.6) is 5.75 Å². The predicted octanol–water partition coefficient (Wildman–Crippen LogP) is 3.21. The van der Waals surface area contributed by atoms with E-state index in [0.717, 1.165) is 22.9 Å². The molecule has 1 aromatic carbocycles. The molecule has 1 saturated heterocycles. The molecular formula is C24H31BrO10.